The third-order valence-corrected chi connectivity index (χ3v) is 4.94. The van der Waals surface area contributed by atoms with Crippen molar-refractivity contribution in [3.8, 4) is 0 Å². The maximum Gasteiger partial charge on any atom is 0.345 e. The topological polar surface area (TPSA) is 66.6 Å². The highest BCUT2D eigenvalue weighted by Gasteiger charge is 2.22. The second kappa shape index (κ2) is 5.03. The average molecular weight is 292 g/mol. The van der Waals surface area contributed by atoms with Crippen molar-refractivity contribution < 1.29 is 14.4 Å². The van der Waals surface area contributed by atoms with E-state index in [1.165, 1.54) is 16.2 Å². The highest BCUT2D eigenvalue weighted by atomic mass is 32.1. The molecule has 0 bridgehead atoms. The first-order valence-corrected chi connectivity index (χ1v) is 7.35. The number of hydrogen-bond acceptors (Lipinski definition) is 5. The largest absolute Gasteiger partial charge is 0.477 e. The fraction of sp³-hybridized carbons (Fsp3) is 0.429. The van der Waals surface area contributed by atoms with Crippen LogP contribution in [-0.2, 0) is 19.5 Å². The molecule has 0 atom stereocenters. The van der Waals surface area contributed by atoms with Crippen LogP contribution in [0.2, 0.25) is 0 Å². The number of aryl methyl sites for hydroxylation is 2. The summed E-state index contributed by atoms with van der Waals surface area (Å²) in [6.45, 7) is 6.42. The van der Waals surface area contributed by atoms with E-state index in [4.69, 9.17) is 9.63 Å². The average Bonchev–Trinajstić information content (AvgIpc) is 2.96. The van der Waals surface area contributed by atoms with E-state index in [1.54, 1.807) is 0 Å². The molecule has 5 nitrogen and oxygen atoms in total. The highest BCUT2D eigenvalue weighted by molar-refractivity contribution is 7.14. The van der Waals surface area contributed by atoms with Gasteiger partial charge in [0, 0.05) is 30.1 Å². The molecule has 0 radical (unpaired) electrons. The van der Waals surface area contributed by atoms with E-state index >= 15 is 0 Å². The van der Waals surface area contributed by atoms with E-state index in [0.29, 0.717) is 4.88 Å². The lowest BCUT2D eigenvalue weighted by Crippen LogP contribution is -2.29. The van der Waals surface area contributed by atoms with Crippen molar-refractivity contribution >= 4 is 17.3 Å². The number of thiophene rings is 1. The van der Waals surface area contributed by atoms with Gasteiger partial charge < -0.3 is 9.63 Å². The Morgan fingerprint density at radius 1 is 1.55 bits per heavy atom. The van der Waals surface area contributed by atoms with Gasteiger partial charge in [-0.25, -0.2) is 4.79 Å². The van der Waals surface area contributed by atoms with Crippen molar-refractivity contribution in [2.75, 3.05) is 6.54 Å². The Morgan fingerprint density at radius 3 is 3.00 bits per heavy atom. The number of carboxylic acid groups (broad SMARTS) is 1. The molecule has 2 aromatic heterocycles. The van der Waals surface area contributed by atoms with Crippen molar-refractivity contribution in [3.63, 3.8) is 0 Å². The van der Waals surface area contributed by atoms with Crippen LogP contribution >= 0.6 is 11.3 Å². The zero-order valence-electron chi connectivity index (χ0n) is 11.5. The van der Waals surface area contributed by atoms with Crippen LogP contribution in [0.15, 0.2) is 10.6 Å². The van der Waals surface area contributed by atoms with Gasteiger partial charge >= 0.3 is 5.97 Å². The molecule has 1 aliphatic heterocycles. The van der Waals surface area contributed by atoms with E-state index in [0.717, 1.165) is 48.6 Å². The second-order valence-electron chi connectivity index (χ2n) is 5.13. The van der Waals surface area contributed by atoms with Gasteiger partial charge in [-0.3, -0.25) is 4.90 Å². The van der Waals surface area contributed by atoms with Crippen LogP contribution in [0.3, 0.4) is 0 Å². The minimum atomic E-state index is -0.832. The summed E-state index contributed by atoms with van der Waals surface area (Å²) in [7, 11) is 0. The molecule has 0 amide bonds. The molecule has 6 heteroatoms. The van der Waals surface area contributed by atoms with Crippen LogP contribution in [0.5, 0.6) is 0 Å². The summed E-state index contributed by atoms with van der Waals surface area (Å²) in [6, 6.07) is 1.81. The van der Waals surface area contributed by atoms with Gasteiger partial charge in [0.2, 0.25) is 0 Å². The van der Waals surface area contributed by atoms with E-state index in [2.05, 4.69) is 10.1 Å². The van der Waals surface area contributed by atoms with Gasteiger partial charge in [-0.15, -0.1) is 11.3 Å². The number of fused-ring (bicyclic) bond motifs is 1. The van der Waals surface area contributed by atoms with Gasteiger partial charge in [0.05, 0.1) is 5.69 Å². The molecule has 1 N–H and O–H groups in total. The van der Waals surface area contributed by atoms with E-state index in [9.17, 15) is 4.79 Å². The molecular formula is C14H16N2O3S. The maximum atomic E-state index is 11.0. The third-order valence-electron chi connectivity index (χ3n) is 3.72. The molecule has 0 saturated carbocycles. The predicted molar refractivity (Wildman–Crippen MR) is 75.1 cm³/mol. The molecular weight excluding hydrogens is 276 g/mol. The molecule has 1 aliphatic rings. The lowest BCUT2D eigenvalue weighted by molar-refractivity contribution is 0.0702. The number of carbonyl (C=O) groups is 1. The molecule has 3 rings (SSSR count). The minimum Gasteiger partial charge on any atom is -0.477 e. The molecule has 0 saturated heterocycles. The second-order valence-corrected chi connectivity index (χ2v) is 6.26. The smallest absolute Gasteiger partial charge is 0.345 e. The maximum absolute atomic E-state index is 11.0. The SMILES string of the molecule is Cc1noc(C)c1CN1CCc2sc(C(=O)O)cc2C1. The summed E-state index contributed by atoms with van der Waals surface area (Å²) in [5, 5.41) is 13.0. The van der Waals surface area contributed by atoms with Gasteiger partial charge in [-0.2, -0.15) is 0 Å². The molecule has 106 valence electrons. The van der Waals surface area contributed by atoms with Gasteiger partial charge in [0.25, 0.3) is 0 Å². The summed E-state index contributed by atoms with van der Waals surface area (Å²) >= 11 is 1.40. The number of hydrogen-bond donors (Lipinski definition) is 1. The van der Waals surface area contributed by atoms with Crippen LogP contribution in [0.1, 0.15) is 37.1 Å². The first kappa shape index (κ1) is 13.3. The Labute approximate surface area is 120 Å². The van der Waals surface area contributed by atoms with Crippen molar-refractivity contribution in [1.29, 1.82) is 0 Å². The van der Waals surface area contributed by atoms with Crippen LogP contribution in [0, 0.1) is 13.8 Å². The molecule has 0 aromatic carbocycles. The number of aromatic carboxylic acids is 1. The summed E-state index contributed by atoms with van der Waals surface area (Å²) in [5.74, 6) is 0.0338. The molecule has 0 aliphatic carbocycles. The van der Waals surface area contributed by atoms with E-state index < -0.39 is 5.97 Å². The van der Waals surface area contributed by atoms with Gasteiger partial charge in [-0.1, -0.05) is 5.16 Å². The first-order chi connectivity index (χ1) is 9.54. The summed E-state index contributed by atoms with van der Waals surface area (Å²) < 4.78 is 5.19. The molecule has 0 fully saturated rings. The van der Waals surface area contributed by atoms with Crippen molar-refractivity contribution in [1.82, 2.24) is 10.1 Å². The lowest BCUT2D eigenvalue weighted by Gasteiger charge is -2.26. The molecule has 0 unspecified atom stereocenters. The van der Waals surface area contributed by atoms with E-state index in [1.807, 2.05) is 19.9 Å². The fourth-order valence-corrected chi connectivity index (χ4v) is 3.58. The molecule has 2 aromatic rings. The zero-order valence-corrected chi connectivity index (χ0v) is 12.3. The highest BCUT2D eigenvalue weighted by Crippen LogP contribution is 2.29. The van der Waals surface area contributed by atoms with E-state index in [-0.39, 0.29) is 0 Å². The summed E-state index contributed by atoms with van der Waals surface area (Å²) in [5.41, 5.74) is 3.22. The van der Waals surface area contributed by atoms with Gasteiger partial charge in [0.1, 0.15) is 10.6 Å². The zero-order chi connectivity index (χ0) is 14.3. The Bertz CT molecular complexity index is 640. The monoisotopic (exact) mass is 292 g/mol. The Morgan fingerprint density at radius 2 is 2.35 bits per heavy atom. The Balaban J connectivity index is 1.77. The Hall–Kier alpha value is -1.66. The third kappa shape index (κ3) is 2.36. The molecule has 0 spiro atoms. The van der Waals surface area contributed by atoms with Crippen molar-refractivity contribution in [3.05, 3.63) is 38.4 Å². The predicted octanol–water partition coefficient (Wildman–Crippen LogP) is 2.61. The van der Waals surface area contributed by atoms with Crippen LogP contribution in [-0.4, -0.2) is 27.7 Å². The van der Waals surface area contributed by atoms with Crippen LogP contribution in [0.25, 0.3) is 0 Å². The summed E-state index contributed by atoms with van der Waals surface area (Å²) in [4.78, 5) is 15.0. The Kier molecular flexibility index (Phi) is 3.35. The van der Waals surface area contributed by atoms with Crippen LogP contribution < -0.4 is 0 Å². The van der Waals surface area contributed by atoms with Crippen molar-refractivity contribution in [2.45, 2.75) is 33.4 Å². The molecule has 3 heterocycles. The number of carboxylic acids is 1. The minimum absolute atomic E-state index is 0.439. The molecule has 20 heavy (non-hydrogen) atoms. The van der Waals surface area contributed by atoms with Gasteiger partial charge in [0.15, 0.2) is 0 Å². The lowest BCUT2D eigenvalue weighted by atomic mass is 10.1. The van der Waals surface area contributed by atoms with Crippen LogP contribution in [0.4, 0.5) is 0 Å². The fourth-order valence-electron chi connectivity index (χ4n) is 2.58. The summed E-state index contributed by atoms with van der Waals surface area (Å²) in [6.07, 6.45) is 0.913. The number of nitrogens with zero attached hydrogens (tertiary/aromatic N) is 2. The van der Waals surface area contributed by atoms with Gasteiger partial charge in [-0.05, 0) is 31.9 Å². The normalized spacial score (nSPS) is 15.3. The van der Waals surface area contributed by atoms with Crippen molar-refractivity contribution in [2.24, 2.45) is 0 Å². The first-order valence-electron chi connectivity index (χ1n) is 6.53. The quantitative estimate of drug-likeness (QED) is 0.942. The standard InChI is InChI=1S/C14H16N2O3S/c1-8-11(9(2)19-15-8)7-16-4-3-12-10(6-16)5-13(20-12)14(17)18/h5H,3-4,6-7H2,1-2H3,(H,17,18). The number of rotatable bonds is 3. The number of aromatic nitrogens is 1.